The molecule has 5 rings (SSSR count). The monoisotopic (exact) mass is 587 g/mol. The minimum Gasteiger partial charge on any atom is -0.387 e. The van der Waals surface area contributed by atoms with Crippen molar-refractivity contribution in [2.75, 3.05) is 13.1 Å². The number of alkyl halides is 3. The van der Waals surface area contributed by atoms with Gasteiger partial charge in [-0.05, 0) is 25.0 Å². The molecule has 202 valence electrons. The first-order valence-electron chi connectivity index (χ1n) is 11.8. The summed E-state index contributed by atoms with van der Waals surface area (Å²) in [6, 6.07) is 5.25. The van der Waals surface area contributed by atoms with Gasteiger partial charge in [-0.25, -0.2) is 9.78 Å². The van der Waals surface area contributed by atoms with Crippen LogP contribution in [-0.4, -0.2) is 43.7 Å². The zero-order valence-corrected chi connectivity index (χ0v) is 22.4. The van der Waals surface area contributed by atoms with E-state index in [0.717, 1.165) is 9.57 Å². The summed E-state index contributed by atoms with van der Waals surface area (Å²) in [6.45, 7) is 0.0635. The molecule has 1 aromatic carbocycles. The van der Waals surface area contributed by atoms with Crippen LogP contribution in [0, 0.1) is 0 Å². The van der Waals surface area contributed by atoms with Crippen molar-refractivity contribution in [3.8, 4) is 0 Å². The van der Waals surface area contributed by atoms with Crippen LogP contribution in [0.15, 0.2) is 39.7 Å². The van der Waals surface area contributed by atoms with Crippen LogP contribution in [0.25, 0.3) is 0 Å². The lowest BCUT2D eigenvalue weighted by molar-refractivity contribution is -0.145. The fraction of sp³-hybridized carbons (Fsp3) is 0.417. The second-order valence-corrected chi connectivity index (χ2v) is 10.9. The molecule has 1 amide bonds. The number of halogens is 5. The van der Waals surface area contributed by atoms with Crippen molar-refractivity contribution in [3.05, 3.63) is 72.3 Å². The topological polar surface area (TPSA) is 81.7 Å². The summed E-state index contributed by atoms with van der Waals surface area (Å²) >= 11 is 14.1. The molecule has 8 nitrogen and oxygen atoms in total. The molecule has 1 fully saturated rings. The molecule has 1 unspecified atom stereocenters. The Labute approximate surface area is 229 Å². The molecule has 4 heterocycles. The Morgan fingerprint density at radius 3 is 2.55 bits per heavy atom. The third-order valence-electron chi connectivity index (χ3n) is 6.73. The van der Waals surface area contributed by atoms with Crippen LogP contribution in [0.3, 0.4) is 0 Å². The highest BCUT2D eigenvalue weighted by Crippen LogP contribution is 2.39. The van der Waals surface area contributed by atoms with Gasteiger partial charge in [0.2, 0.25) is 5.91 Å². The van der Waals surface area contributed by atoms with Gasteiger partial charge < -0.3 is 14.3 Å². The minimum absolute atomic E-state index is 0.0970. The Kier molecular flexibility index (Phi) is 7.31. The molecule has 0 spiro atoms. The highest BCUT2D eigenvalue weighted by Gasteiger charge is 2.37. The van der Waals surface area contributed by atoms with Crippen molar-refractivity contribution in [1.82, 2.24) is 19.0 Å². The minimum atomic E-state index is -4.73. The van der Waals surface area contributed by atoms with Gasteiger partial charge in [0, 0.05) is 59.7 Å². The fourth-order valence-corrected chi connectivity index (χ4v) is 6.34. The van der Waals surface area contributed by atoms with Crippen LogP contribution in [0.1, 0.15) is 53.2 Å². The van der Waals surface area contributed by atoms with Crippen LogP contribution in [0.4, 0.5) is 13.2 Å². The van der Waals surface area contributed by atoms with E-state index in [4.69, 9.17) is 33.0 Å². The third-order valence-corrected chi connectivity index (χ3v) is 8.39. The number of imidazole rings is 1. The average Bonchev–Trinajstić information content (AvgIpc) is 3.60. The molecule has 1 saturated heterocycles. The van der Waals surface area contributed by atoms with E-state index in [-0.39, 0.29) is 5.92 Å². The predicted octanol–water partition coefficient (Wildman–Crippen LogP) is 5.24. The van der Waals surface area contributed by atoms with Crippen LogP contribution in [0.2, 0.25) is 10.0 Å². The molecule has 0 saturated carbocycles. The molecule has 2 aromatic heterocycles. The largest absolute Gasteiger partial charge is 0.433 e. The quantitative estimate of drug-likeness (QED) is 0.409. The maximum Gasteiger partial charge on any atom is 0.433 e. The summed E-state index contributed by atoms with van der Waals surface area (Å²) in [6.07, 6.45) is -2.75. The molecule has 38 heavy (non-hydrogen) atoms. The van der Waals surface area contributed by atoms with Crippen LogP contribution < -0.4 is 5.69 Å². The van der Waals surface area contributed by atoms with Gasteiger partial charge in [-0.2, -0.15) is 13.2 Å². The molecule has 0 aliphatic carbocycles. The Hall–Kier alpha value is -2.83. The lowest BCUT2D eigenvalue weighted by Gasteiger charge is -2.31. The SMILES string of the molecule is Cn1cc(C(F)(F)F)n(CC(=O)N2CCC(c3nc(C4=NOC(c5c(Cl)cccc5Cl)C4)cs3)CC2)c1=O. The summed E-state index contributed by atoms with van der Waals surface area (Å²) in [5.41, 5.74) is 0.0597. The number of piperidine rings is 1. The molecule has 3 aromatic rings. The number of hydrogen-bond donors (Lipinski definition) is 0. The van der Waals surface area contributed by atoms with E-state index in [0.29, 0.717) is 70.1 Å². The summed E-state index contributed by atoms with van der Waals surface area (Å²) in [5, 5.41) is 8.01. The second kappa shape index (κ2) is 10.4. The number of benzene rings is 1. The van der Waals surface area contributed by atoms with E-state index in [9.17, 15) is 22.8 Å². The average molecular weight is 588 g/mol. The lowest BCUT2D eigenvalue weighted by Crippen LogP contribution is -2.41. The Morgan fingerprint density at radius 1 is 1.21 bits per heavy atom. The standard InChI is InChI=1S/C24H22Cl2F3N5O3S/c1-32-10-19(24(27,28)29)34(23(32)36)11-20(35)33-7-5-13(6-8-33)22-30-17(12-38-22)16-9-18(37-31-16)21-14(25)3-2-4-15(21)26/h2-4,10,12-13,18H,5-9,11H2,1H3. The zero-order valence-electron chi connectivity index (χ0n) is 20.0. The summed E-state index contributed by atoms with van der Waals surface area (Å²) in [4.78, 5) is 36.7. The van der Waals surface area contributed by atoms with Crippen molar-refractivity contribution in [2.45, 2.75) is 44.0 Å². The van der Waals surface area contributed by atoms with Gasteiger partial charge in [-0.1, -0.05) is 34.4 Å². The third kappa shape index (κ3) is 5.21. The lowest BCUT2D eigenvalue weighted by atomic mass is 9.97. The molecular weight excluding hydrogens is 566 g/mol. The van der Waals surface area contributed by atoms with E-state index >= 15 is 0 Å². The van der Waals surface area contributed by atoms with Crippen LogP contribution >= 0.6 is 34.5 Å². The summed E-state index contributed by atoms with van der Waals surface area (Å²) in [7, 11) is 1.22. The highest BCUT2D eigenvalue weighted by atomic mass is 35.5. The number of nitrogens with zero attached hydrogens (tertiary/aromatic N) is 5. The molecule has 14 heteroatoms. The fourth-order valence-electron chi connectivity index (χ4n) is 4.70. The van der Waals surface area contributed by atoms with Gasteiger partial charge in [0.05, 0.1) is 10.7 Å². The Morgan fingerprint density at radius 2 is 1.89 bits per heavy atom. The number of amides is 1. The van der Waals surface area contributed by atoms with Crippen LogP contribution in [0.5, 0.6) is 0 Å². The number of hydrogen-bond acceptors (Lipinski definition) is 6. The number of likely N-dealkylation sites (tertiary alicyclic amines) is 1. The first-order chi connectivity index (χ1) is 18.0. The smallest absolute Gasteiger partial charge is 0.387 e. The first-order valence-corrected chi connectivity index (χ1v) is 13.4. The van der Waals surface area contributed by atoms with Crippen molar-refractivity contribution < 1.29 is 22.8 Å². The van der Waals surface area contributed by atoms with E-state index < -0.39 is 36.1 Å². The number of carbonyl (C=O) groups excluding carboxylic acids is 1. The van der Waals surface area contributed by atoms with Crippen molar-refractivity contribution in [3.63, 3.8) is 0 Å². The molecule has 2 aliphatic heterocycles. The van der Waals surface area contributed by atoms with Crippen molar-refractivity contribution in [2.24, 2.45) is 12.2 Å². The number of aromatic nitrogens is 3. The molecule has 0 N–H and O–H groups in total. The molecule has 1 atom stereocenters. The normalized spacial score (nSPS) is 18.5. The van der Waals surface area contributed by atoms with Gasteiger partial charge >= 0.3 is 11.9 Å². The van der Waals surface area contributed by atoms with E-state index in [1.54, 1.807) is 18.2 Å². The van der Waals surface area contributed by atoms with Gasteiger partial charge in [0.15, 0.2) is 6.10 Å². The first kappa shape index (κ1) is 26.8. The summed E-state index contributed by atoms with van der Waals surface area (Å²) in [5.74, 6) is -0.427. The second-order valence-electron chi connectivity index (χ2n) is 9.19. The molecule has 0 radical (unpaired) electrons. The highest BCUT2D eigenvalue weighted by molar-refractivity contribution is 7.10. The molecule has 0 bridgehead atoms. The van der Waals surface area contributed by atoms with Gasteiger partial charge in [0.25, 0.3) is 0 Å². The van der Waals surface area contributed by atoms with Gasteiger partial charge in [-0.15, -0.1) is 11.3 Å². The Bertz CT molecular complexity index is 1440. The molecule has 2 aliphatic rings. The number of aryl methyl sites for hydroxylation is 1. The van der Waals surface area contributed by atoms with Crippen LogP contribution in [-0.2, 0) is 29.4 Å². The van der Waals surface area contributed by atoms with E-state index in [2.05, 4.69) is 5.16 Å². The zero-order chi connectivity index (χ0) is 27.2. The number of rotatable bonds is 5. The van der Waals surface area contributed by atoms with E-state index in [1.165, 1.54) is 23.3 Å². The van der Waals surface area contributed by atoms with Crippen molar-refractivity contribution in [1.29, 1.82) is 0 Å². The predicted molar refractivity (Wildman–Crippen MR) is 137 cm³/mol. The number of oxime groups is 1. The maximum absolute atomic E-state index is 13.3. The number of carbonyl (C=O) groups is 1. The maximum atomic E-state index is 13.3. The van der Waals surface area contributed by atoms with Gasteiger partial charge in [-0.3, -0.25) is 9.36 Å². The Balaban J connectivity index is 1.19. The van der Waals surface area contributed by atoms with E-state index in [1.807, 2.05) is 5.38 Å². The number of thiazole rings is 1. The molecular formula is C24H22Cl2F3N5O3S. The van der Waals surface area contributed by atoms with Gasteiger partial charge in [0.1, 0.15) is 18.0 Å². The van der Waals surface area contributed by atoms with Crippen molar-refractivity contribution >= 4 is 46.2 Å². The summed E-state index contributed by atoms with van der Waals surface area (Å²) < 4.78 is 41.2.